The molecule has 0 spiro atoms. The van der Waals surface area contributed by atoms with Gasteiger partial charge in [-0.1, -0.05) is 18.2 Å². The summed E-state index contributed by atoms with van der Waals surface area (Å²) in [7, 11) is 3.01. The molecule has 1 aliphatic rings. The van der Waals surface area contributed by atoms with Crippen LogP contribution in [0.25, 0.3) is 15.9 Å². The first-order chi connectivity index (χ1) is 19.4. The molecule has 0 radical (unpaired) electrons. The highest BCUT2D eigenvalue weighted by Crippen LogP contribution is 2.34. The Balaban J connectivity index is 1.59. The van der Waals surface area contributed by atoms with E-state index in [1.807, 2.05) is 0 Å². The number of aromatic nitrogens is 2. The summed E-state index contributed by atoms with van der Waals surface area (Å²) in [5, 5.41) is 3.17. The van der Waals surface area contributed by atoms with E-state index < -0.39 is 23.2 Å². The van der Waals surface area contributed by atoms with Crippen molar-refractivity contribution < 1.29 is 23.8 Å². The summed E-state index contributed by atoms with van der Waals surface area (Å²) in [4.78, 5) is 55.9. The fourth-order valence-corrected chi connectivity index (χ4v) is 6.13. The molecule has 5 rings (SSSR count). The van der Waals surface area contributed by atoms with E-state index >= 15 is 0 Å². The molecule has 2 aromatic heterocycles. The van der Waals surface area contributed by atoms with Gasteiger partial charge in [-0.2, -0.15) is 0 Å². The van der Waals surface area contributed by atoms with Crippen LogP contribution in [0.5, 0.6) is 11.5 Å². The van der Waals surface area contributed by atoms with Gasteiger partial charge in [-0.3, -0.25) is 14.2 Å². The van der Waals surface area contributed by atoms with E-state index in [4.69, 9.17) is 14.2 Å². The molecule has 11 nitrogen and oxygen atoms in total. The van der Waals surface area contributed by atoms with Gasteiger partial charge >= 0.3 is 11.8 Å². The largest absolute Gasteiger partial charge is 0.493 e. The fraction of sp³-hybridized carbons (Fsp3) is 0.286. The van der Waals surface area contributed by atoms with E-state index in [0.717, 1.165) is 15.0 Å². The van der Waals surface area contributed by atoms with Gasteiger partial charge in [-0.15, -0.1) is 11.3 Å². The zero-order valence-corrected chi connectivity index (χ0v) is 23.1. The van der Waals surface area contributed by atoms with Crippen molar-refractivity contribution in [3.63, 3.8) is 0 Å². The molecule has 0 fully saturated rings. The Morgan fingerprint density at radius 3 is 2.48 bits per heavy atom. The molecule has 0 saturated heterocycles. The first kappa shape index (κ1) is 27.0. The minimum atomic E-state index is -0.632. The van der Waals surface area contributed by atoms with Crippen molar-refractivity contribution in [1.82, 2.24) is 14.0 Å². The number of nitrogens with one attached hydrogen (secondary N) is 1. The SMILES string of the molecule is CCOC(=O)N1CCc2c(sc3c2c(=O)n(-c2ccccc2)c(=O)n3CC(=O)Nc2ccc(OC)c(OC)c2)C1. The van der Waals surface area contributed by atoms with Gasteiger partial charge in [0.1, 0.15) is 11.4 Å². The third-order valence-corrected chi connectivity index (χ3v) is 7.87. The van der Waals surface area contributed by atoms with Crippen LogP contribution in [0.3, 0.4) is 0 Å². The summed E-state index contributed by atoms with van der Waals surface area (Å²) >= 11 is 1.24. The lowest BCUT2D eigenvalue weighted by atomic mass is 10.1. The Labute approximate surface area is 233 Å². The van der Waals surface area contributed by atoms with E-state index in [-0.39, 0.29) is 19.7 Å². The van der Waals surface area contributed by atoms with Gasteiger partial charge in [-0.25, -0.2) is 14.2 Å². The number of nitrogens with zero attached hydrogens (tertiary/aromatic N) is 3. The van der Waals surface area contributed by atoms with Crippen LogP contribution >= 0.6 is 11.3 Å². The molecule has 4 aromatic rings. The van der Waals surface area contributed by atoms with Gasteiger partial charge in [-0.05, 0) is 43.2 Å². The molecule has 1 N–H and O–H groups in total. The maximum absolute atomic E-state index is 13.8. The topological polar surface area (TPSA) is 121 Å². The number of rotatable bonds is 7. The Kier molecular flexibility index (Phi) is 7.60. The van der Waals surface area contributed by atoms with Gasteiger partial charge < -0.3 is 24.4 Å². The standard InChI is InChI=1S/C28H28N4O7S/c1-4-39-28(36)30-13-12-19-22(15-30)40-26-24(19)25(34)32(18-8-6-5-7-9-18)27(35)31(26)16-23(33)29-17-10-11-20(37-2)21(14-17)38-3/h5-11,14H,4,12-13,15-16H2,1-3H3,(H,29,33). The number of hydrogen-bond donors (Lipinski definition) is 1. The smallest absolute Gasteiger partial charge is 0.410 e. The van der Waals surface area contributed by atoms with Crippen LogP contribution in [0.2, 0.25) is 0 Å². The quantitative estimate of drug-likeness (QED) is 0.365. The fourth-order valence-electron chi connectivity index (χ4n) is 4.78. The molecular formula is C28H28N4O7S. The Bertz CT molecular complexity index is 1710. The first-order valence-electron chi connectivity index (χ1n) is 12.6. The van der Waals surface area contributed by atoms with Crippen LogP contribution in [-0.4, -0.2) is 53.4 Å². The van der Waals surface area contributed by atoms with Gasteiger partial charge in [0.2, 0.25) is 5.91 Å². The number of thiophene rings is 1. The summed E-state index contributed by atoms with van der Waals surface area (Å²) in [5.41, 5.74) is 0.553. The molecular weight excluding hydrogens is 536 g/mol. The summed E-state index contributed by atoms with van der Waals surface area (Å²) in [6, 6.07) is 13.5. The average Bonchev–Trinajstić information content (AvgIpc) is 3.35. The zero-order chi connectivity index (χ0) is 28.4. The van der Waals surface area contributed by atoms with Crippen molar-refractivity contribution in [3.05, 3.63) is 79.8 Å². The second-order valence-corrected chi connectivity index (χ2v) is 10.1. The average molecular weight is 565 g/mol. The van der Waals surface area contributed by atoms with E-state index in [9.17, 15) is 19.2 Å². The lowest BCUT2D eigenvalue weighted by Gasteiger charge is -2.25. The molecule has 3 heterocycles. The lowest BCUT2D eigenvalue weighted by Crippen LogP contribution is -2.41. The van der Waals surface area contributed by atoms with E-state index in [1.54, 1.807) is 60.4 Å². The molecule has 2 amide bonds. The molecule has 0 saturated carbocycles. The number of carbonyl (C=O) groups excluding carboxylic acids is 2. The molecule has 12 heteroatoms. The van der Waals surface area contributed by atoms with Crippen LogP contribution in [0.1, 0.15) is 17.4 Å². The third kappa shape index (κ3) is 4.93. The van der Waals surface area contributed by atoms with E-state index in [1.165, 1.54) is 30.1 Å². The predicted octanol–water partition coefficient (Wildman–Crippen LogP) is 3.38. The van der Waals surface area contributed by atoms with Crippen molar-refractivity contribution in [3.8, 4) is 17.2 Å². The zero-order valence-electron chi connectivity index (χ0n) is 22.3. The van der Waals surface area contributed by atoms with Gasteiger partial charge in [0.25, 0.3) is 5.56 Å². The lowest BCUT2D eigenvalue weighted by molar-refractivity contribution is -0.116. The first-order valence-corrected chi connectivity index (χ1v) is 13.5. The second-order valence-electron chi connectivity index (χ2n) is 9.02. The predicted molar refractivity (Wildman–Crippen MR) is 151 cm³/mol. The minimum absolute atomic E-state index is 0.254. The molecule has 0 aliphatic carbocycles. The van der Waals surface area contributed by atoms with Crippen LogP contribution in [0.15, 0.2) is 58.1 Å². The van der Waals surface area contributed by atoms with Crippen LogP contribution < -0.4 is 26.0 Å². The summed E-state index contributed by atoms with van der Waals surface area (Å²) in [6.45, 7) is 2.29. The highest BCUT2D eigenvalue weighted by atomic mass is 32.1. The Hall–Kier alpha value is -4.58. The summed E-state index contributed by atoms with van der Waals surface area (Å²) in [6.07, 6.45) is -0.00667. The van der Waals surface area contributed by atoms with Crippen molar-refractivity contribution >= 4 is 39.2 Å². The number of ether oxygens (including phenoxy) is 3. The van der Waals surface area contributed by atoms with Crippen LogP contribution in [0.4, 0.5) is 10.5 Å². The number of hydrogen-bond acceptors (Lipinski definition) is 8. The van der Waals surface area contributed by atoms with Crippen molar-refractivity contribution in [2.24, 2.45) is 0 Å². The van der Waals surface area contributed by atoms with E-state index in [2.05, 4.69) is 5.32 Å². The maximum atomic E-state index is 13.8. The number of carbonyl (C=O) groups is 2. The highest BCUT2D eigenvalue weighted by molar-refractivity contribution is 7.18. The maximum Gasteiger partial charge on any atom is 0.410 e. The van der Waals surface area contributed by atoms with Crippen molar-refractivity contribution in [1.29, 1.82) is 0 Å². The third-order valence-electron chi connectivity index (χ3n) is 6.63. The molecule has 1 aliphatic heterocycles. The normalized spacial score (nSPS) is 12.6. The molecule has 2 aromatic carbocycles. The Morgan fingerprint density at radius 2 is 1.77 bits per heavy atom. The number of para-hydroxylation sites is 1. The summed E-state index contributed by atoms with van der Waals surface area (Å²) in [5.74, 6) is 0.484. The minimum Gasteiger partial charge on any atom is -0.493 e. The van der Waals surface area contributed by atoms with Crippen LogP contribution in [0, 0.1) is 0 Å². The number of fused-ring (bicyclic) bond motifs is 3. The van der Waals surface area contributed by atoms with Crippen LogP contribution in [-0.2, 0) is 29.0 Å². The molecule has 40 heavy (non-hydrogen) atoms. The monoisotopic (exact) mass is 564 g/mol. The summed E-state index contributed by atoms with van der Waals surface area (Å²) < 4.78 is 18.1. The molecule has 0 unspecified atom stereocenters. The van der Waals surface area contributed by atoms with Gasteiger partial charge in [0.05, 0.1) is 38.4 Å². The van der Waals surface area contributed by atoms with Crippen molar-refractivity contribution in [2.45, 2.75) is 26.4 Å². The number of amides is 2. The highest BCUT2D eigenvalue weighted by Gasteiger charge is 2.29. The number of methoxy groups -OCH3 is 2. The number of benzene rings is 2. The van der Waals surface area contributed by atoms with E-state index in [0.29, 0.717) is 46.1 Å². The molecule has 0 atom stereocenters. The van der Waals surface area contributed by atoms with Gasteiger partial charge in [0.15, 0.2) is 11.5 Å². The second kappa shape index (κ2) is 11.3. The number of anilines is 1. The van der Waals surface area contributed by atoms with Crippen molar-refractivity contribution in [2.75, 3.05) is 32.7 Å². The Morgan fingerprint density at radius 1 is 1.02 bits per heavy atom. The molecule has 0 bridgehead atoms. The molecule has 208 valence electrons. The van der Waals surface area contributed by atoms with Gasteiger partial charge in [0, 0.05) is 23.2 Å².